The van der Waals surface area contributed by atoms with Crippen molar-refractivity contribution in [2.75, 3.05) is 10.6 Å². The van der Waals surface area contributed by atoms with Gasteiger partial charge in [-0.3, -0.25) is 4.31 Å². The van der Waals surface area contributed by atoms with E-state index < -0.39 is 34.0 Å². The molecular weight excluding hydrogens is 402 g/mol. The summed E-state index contributed by atoms with van der Waals surface area (Å²) in [5.41, 5.74) is 0.228. The van der Waals surface area contributed by atoms with Gasteiger partial charge in [-0.25, -0.2) is 17.2 Å². The first-order valence-corrected chi connectivity index (χ1v) is 9.63. The van der Waals surface area contributed by atoms with Crippen LogP contribution in [0.5, 0.6) is 0 Å². The molecule has 0 saturated carbocycles. The van der Waals surface area contributed by atoms with Crippen molar-refractivity contribution in [3.05, 3.63) is 65.6 Å². The molecule has 0 spiro atoms. The number of sulfonamides is 1. The van der Waals surface area contributed by atoms with Crippen LogP contribution in [-0.2, 0) is 16.6 Å². The van der Waals surface area contributed by atoms with Crippen LogP contribution in [0.1, 0.15) is 17.9 Å². The Morgan fingerprint density at radius 1 is 1.07 bits per heavy atom. The molecule has 0 unspecified atom stereocenters. The van der Waals surface area contributed by atoms with Gasteiger partial charge in [0.2, 0.25) is 15.9 Å². The molecule has 0 fully saturated rings. The van der Waals surface area contributed by atoms with Crippen LogP contribution in [-0.4, -0.2) is 24.9 Å². The molecule has 148 valence electrons. The lowest BCUT2D eigenvalue weighted by Crippen LogP contribution is -2.29. The molecule has 0 amide bonds. The van der Waals surface area contributed by atoms with E-state index in [0.29, 0.717) is 0 Å². The molecule has 11 heteroatoms. The van der Waals surface area contributed by atoms with Crippen LogP contribution in [0.2, 0.25) is 0 Å². The maximum Gasteiger partial charge on any atom is 0.314 e. The van der Waals surface area contributed by atoms with Crippen LogP contribution in [0.15, 0.2) is 46.9 Å². The summed E-state index contributed by atoms with van der Waals surface area (Å²) in [5, 5.41) is 6.59. The molecule has 6 nitrogen and oxygen atoms in total. The zero-order chi connectivity index (χ0) is 20.5. The van der Waals surface area contributed by atoms with E-state index in [1.165, 1.54) is 24.3 Å². The average molecular weight is 415 g/mol. The molecule has 2 aromatic carbocycles. The van der Waals surface area contributed by atoms with Crippen LogP contribution in [0.4, 0.5) is 23.2 Å². The number of halogens is 4. The maximum atomic E-state index is 14.5. The summed E-state index contributed by atoms with van der Waals surface area (Å²) < 4.78 is 82.5. The Morgan fingerprint density at radius 3 is 2.29 bits per heavy atom. The molecule has 3 rings (SSSR count). The Bertz CT molecular complexity index is 1090. The van der Waals surface area contributed by atoms with E-state index in [1.54, 1.807) is 0 Å². The molecule has 0 radical (unpaired) electrons. The summed E-state index contributed by atoms with van der Waals surface area (Å²) in [6.07, 6.45) is -2.02. The predicted molar refractivity (Wildman–Crippen MR) is 92.1 cm³/mol. The van der Waals surface area contributed by atoms with Crippen LogP contribution in [0.25, 0.3) is 11.5 Å². The fourth-order valence-electron chi connectivity index (χ4n) is 2.41. The van der Waals surface area contributed by atoms with E-state index in [4.69, 9.17) is 4.42 Å². The third-order valence-corrected chi connectivity index (χ3v) is 4.90. The number of hydrogen-bond acceptors (Lipinski definition) is 5. The molecule has 0 aliphatic rings. The van der Waals surface area contributed by atoms with Gasteiger partial charge in [0, 0.05) is 11.1 Å². The van der Waals surface area contributed by atoms with Gasteiger partial charge in [0.15, 0.2) is 0 Å². The van der Waals surface area contributed by atoms with Crippen molar-refractivity contribution in [2.45, 2.75) is 13.0 Å². The van der Waals surface area contributed by atoms with E-state index in [2.05, 4.69) is 10.2 Å². The average Bonchev–Trinajstić information content (AvgIpc) is 3.11. The molecule has 0 bridgehead atoms. The third kappa shape index (κ3) is 4.30. The normalized spacial score (nSPS) is 11.8. The SMILES string of the molecule is CS(=O)(=O)N(Cc1ccc(-c2nnc(C(F)F)o2)cc1F)c1ccc(F)cc1. The van der Waals surface area contributed by atoms with Gasteiger partial charge in [-0.05, 0) is 36.4 Å². The summed E-state index contributed by atoms with van der Waals surface area (Å²) in [5.74, 6) is -2.53. The molecule has 3 aromatic rings. The van der Waals surface area contributed by atoms with Gasteiger partial charge in [0.25, 0.3) is 5.89 Å². The Morgan fingerprint density at radius 2 is 1.75 bits per heavy atom. The number of aromatic nitrogens is 2. The second kappa shape index (κ2) is 7.58. The fourth-order valence-corrected chi connectivity index (χ4v) is 3.29. The minimum Gasteiger partial charge on any atom is -0.415 e. The Kier molecular flexibility index (Phi) is 5.36. The Labute approximate surface area is 157 Å². The first kappa shape index (κ1) is 19.8. The standard InChI is InChI=1S/C17H13F4N3O3S/c1-28(25,26)24(13-6-4-12(18)5-7-13)9-11-3-2-10(8-14(11)19)16-22-23-17(27-16)15(20)21/h2-8,15H,9H2,1H3. The minimum absolute atomic E-state index is 0.00657. The number of anilines is 1. The first-order chi connectivity index (χ1) is 13.1. The zero-order valence-electron chi connectivity index (χ0n) is 14.3. The van der Waals surface area contributed by atoms with Gasteiger partial charge in [-0.15, -0.1) is 10.2 Å². The van der Waals surface area contributed by atoms with Crippen molar-refractivity contribution in [3.8, 4) is 11.5 Å². The Hall–Kier alpha value is -2.95. The van der Waals surface area contributed by atoms with E-state index in [9.17, 15) is 26.0 Å². The predicted octanol–water partition coefficient (Wildman–Crippen LogP) is 3.92. The van der Waals surface area contributed by atoms with Crippen molar-refractivity contribution >= 4 is 15.7 Å². The summed E-state index contributed by atoms with van der Waals surface area (Å²) in [6, 6.07) is 8.28. The van der Waals surface area contributed by atoms with Gasteiger partial charge < -0.3 is 4.42 Å². The zero-order valence-corrected chi connectivity index (χ0v) is 15.1. The molecule has 0 saturated heterocycles. The topological polar surface area (TPSA) is 76.3 Å². The molecule has 28 heavy (non-hydrogen) atoms. The summed E-state index contributed by atoms with van der Waals surface area (Å²) in [6.45, 7) is -0.358. The van der Waals surface area contributed by atoms with Crippen LogP contribution in [0, 0.1) is 11.6 Å². The van der Waals surface area contributed by atoms with Crippen LogP contribution >= 0.6 is 0 Å². The molecule has 0 aliphatic heterocycles. The van der Waals surface area contributed by atoms with Gasteiger partial charge in [-0.2, -0.15) is 8.78 Å². The number of benzene rings is 2. The summed E-state index contributed by atoms with van der Waals surface area (Å²) in [4.78, 5) is 0. The maximum absolute atomic E-state index is 14.5. The van der Waals surface area contributed by atoms with Crippen molar-refractivity contribution in [1.82, 2.24) is 10.2 Å². The highest BCUT2D eigenvalue weighted by molar-refractivity contribution is 7.92. The summed E-state index contributed by atoms with van der Waals surface area (Å²) >= 11 is 0. The fraction of sp³-hybridized carbons (Fsp3) is 0.176. The highest BCUT2D eigenvalue weighted by atomic mass is 32.2. The van der Waals surface area contributed by atoms with Gasteiger partial charge in [0.1, 0.15) is 11.6 Å². The second-order valence-electron chi connectivity index (χ2n) is 5.80. The molecule has 1 aromatic heterocycles. The van der Waals surface area contributed by atoms with E-state index in [-0.39, 0.29) is 29.2 Å². The number of nitrogens with zero attached hydrogens (tertiary/aromatic N) is 3. The lowest BCUT2D eigenvalue weighted by molar-refractivity contribution is 0.116. The monoisotopic (exact) mass is 415 g/mol. The molecular formula is C17H13F4N3O3S. The second-order valence-corrected chi connectivity index (χ2v) is 7.71. The highest BCUT2D eigenvalue weighted by Gasteiger charge is 2.21. The lowest BCUT2D eigenvalue weighted by Gasteiger charge is -2.22. The van der Waals surface area contributed by atoms with E-state index >= 15 is 0 Å². The summed E-state index contributed by atoms with van der Waals surface area (Å²) in [7, 11) is -3.79. The minimum atomic E-state index is -3.79. The van der Waals surface area contributed by atoms with E-state index in [1.807, 2.05) is 0 Å². The van der Waals surface area contributed by atoms with Crippen molar-refractivity contribution < 1.29 is 30.4 Å². The smallest absolute Gasteiger partial charge is 0.314 e. The van der Waals surface area contributed by atoms with Gasteiger partial charge in [-0.1, -0.05) is 6.07 Å². The van der Waals surface area contributed by atoms with Crippen molar-refractivity contribution in [2.24, 2.45) is 0 Å². The number of rotatable bonds is 6. The number of hydrogen-bond donors (Lipinski definition) is 0. The molecule has 0 aliphatic carbocycles. The highest BCUT2D eigenvalue weighted by Crippen LogP contribution is 2.27. The largest absolute Gasteiger partial charge is 0.415 e. The molecule has 0 N–H and O–H groups in total. The van der Waals surface area contributed by atoms with Gasteiger partial charge in [0.05, 0.1) is 18.5 Å². The van der Waals surface area contributed by atoms with Crippen LogP contribution in [0.3, 0.4) is 0 Å². The quantitative estimate of drug-likeness (QED) is 0.571. The molecule has 1 heterocycles. The number of alkyl halides is 2. The van der Waals surface area contributed by atoms with Crippen molar-refractivity contribution in [3.63, 3.8) is 0 Å². The van der Waals surface area contributed by atoms with E-state index in [0.717, 1.165) is 28.8 Å². The molecule has 0 atom stereocenters. The Balaban J connectivity index is 1.90. The first-order valence-electron chi connectivity index (χ1n) is 7.79. The van der Waals surface area contributed by atoms with Crippen LogP contribution < -0.4 is 4.31 Å². The van der Waals surface area contributed by atoms with Gasteiger partial charge >= 0.3 is 6.43 Å². The third-order valence-electron chi connectivity index (χ3n) is 3.76. The lowest BCUT2D eigenvalue weighted by atomic mass is 10.1. The van der Waals surface area contributed by atoms with Crippen molar-refractivity contribution in [1.29, 1.82) is 0 Å².